The van der Waals surface area contributed by atoms with E-state index in [1.54, 1.807) is 18.9 Å². The molecule has 1 unspecified atom stereocenters. The van der Waals surface area contributed by atoms with Gasteiger partial charge in [0.1, 0.15) is 0 Å². The van der Waals surface area contributed by atoms with Crippen LogP contribution in [0.25, 0.3) is 0 Å². The van der Waals surface area contributed by atoms with Crippen LogP contribution in [0.3, 0.4) is 0 Å². The van der Waals surface area contributed by atoms with E-state index in [-0.39, 0.29) is 18.5 Å². The molecular formula is C14H20N2O3. The van der Waals surface area contributed by atoms with Gasteiger partial charge in [0.2, 0.25) is 0 Å². The largest absolute Gasteiger partial charge is 0.481 e. The number of aliphatic carboxylic acids is 1. The second-order valence-corrected chi connectivity index (χ2v) is 4.73. The summed E-state index contributed by atoms with van der Waals surface area (Å²) in [4.78, 5) is 23.9. The van der Waals surface area contributed by atoms with Gasteiger partial charge < -0.3 is 15.3 Å². The van der Waals surface area contributed by atoms with Crippen LogP contribution < -0.4 is 5.32 Å². The van der Waals surface area contributed by atoms with E-state index in [0.717, 1.165) is 11.1 Å². The molecule has 1 rings (SSSR count). The van der Waals surface area contributed by atoms with Crippen molar-refractivity contribution in [3.8, 4) is 0 Å². The molecule has 1 aromatic carbocycles. The van der Waals surface area contributed by atoms with Crippen molar-refractivity contribution in [3.63, 3.8) is 0 Å². The van der Waals surface area contributed by atoms with Gasteiger partial charge in [0.15, 0.2) is 0 Å². The third-order valence-corrected chi connectivity index (χ3v) is 2.87. The molecule has 0 aliphatic heterocycles. The van der Waals surface area contributed by atoms with Crippen molar-refractivity contribution in [2.45, 2.75) is 32.9 Å². The molecule has 0 fully saturated rings. The number of carbonyl (C=O) groups excluding carboxylic acids is 1. The Hall–Kier alpha value is -2.04. The van der Waals surface area contributed by atoms with Crippen LogP contribution in [-0.2, 0) is 11.3 Å². The number of carboxylic acids is 1. The van der Waals surface area contributed by atoms with E-state index in [4.69, 9.17) is 5.11 Å². The van der Waals surface area contributed by atoms with E-state index < -0.39 is 5.97 Å². The fraction of sp³-hybridized carbons (Fsp3) is 0.429. The lowest BCUT2D eigenvalue weighted by atomic mass is 10.1. The maximum atomic E-state index is 11.9. The fourth-order valence-corrected chi connectivity index (χ4v) is 1.75. The summed E-state index contributed by atoms with van der Waals surface area (Å²) >= 11 is 0. The average molecular weight is 264 g/mol. The molecule has 0 spiro atoms. The predicted molar refractivity (Wildman–Crippen MR) is 72.9 cm³/mol. The van der Waals surface area contributed by atoms with Crippen LogP contribution in [0.2, 0.25) is 0 Å². The molecule has 104 valence electrons. The first-order chi connectivity index (χ1) is 8.90. The molecule has 0 heterocycles. The van der Waals surface area contributed by atoms with E-state index in [0.29, 0.717) is 6.54 Å². The summed E-state index contributed by atoms with van der Waals surface area (Å²) < 4.78 is 0. The first-order valence-electron chi connectivity index (χ1n) is 6.18. The van der Waals surface area contributed by atoms with Gasteiger partial charge in [-0.3, -0.25) is 4.79 Å². The zero-order chi connectivity index (χ0) is 14.4. The molecule has 0 saturated heterocycles. The Bertz CT molecular complexity index is 460. The smallest absolute Gasteiger partial charge is 0.317 e. The van der Waals surface area contributed by atoms with Crippen LogP contribution in [0.15, 0.2) is 24.3 Å². The highest BCUT2D eigenvalue weighted by molar-refractivity contribution is 5.75. The third-order valence-electron chi connectivity index (χ3n) is 2.87. The van der Waals surface area contributed by atoms with Gasteiger partial charge in [-0.25, -0.2) is 4.79 Å². The molecule has 2 amide bonds. The molecular weight excluding hydrogens is 244 g/mol. The van der Waals surface area contributed by atoms with E-state index in [9.17, 15) is 9.59 Å². The Balaban J connectivity index is 2.54. The van der Waals surface area contributed by atoms with Crippen molar-refractivity contribution in [3.05, 3.63) is 35.4 Å². The number of urea groups is 1. The number of carbonyl (C=O) groups is 2. The van der Waals surface area contributed by atoms with Crippen molar-refractivity contribution in [1.82, 2.24) is 10.2 Å². The van der Waals surface area contributed by atoms with E-state index in [2.05, 4.69) is 5.32 Å². The molecule has 19 heavy (non-hydrogen) atoms. The standard InChI is InChI=1S/C14H20N2O3/c1-10-6-4-5-7-12(10)9-16(3)14(19)15-11(2)8-13(17)18/h4-7,11H,8-9H2,1-3H3,(H,15,19)(H,17,18). The molecule has 0 aromatic heterocycles. The normalized spacial score (nSPS) is 11.7. The molecule has 5 heteroatoms. The highest BCUT2D eigenvalue weighted by Gasteiger charge is 2.14. The Kier molecular flexibility index (Phi) is 5.36. The van der Waals surface area contributed by atoms with E-state index in [1.165, 1.54) is 0 Å². The van der Waals surface area contributed by atoms with Crippen LogP contribution in [0.5, 0.6) is 0 Å². The van der Waals surface area contributed by atoms with Crippen LogP contribution in [0, 0.1) is 6.92 Å². The van der Waals surface area contributed by atoms with Crippen molar-refractivity contribution >= 4 is 12.0 Å². The Labute approximate surface area is 113 Å². The summed E-state index contributed by atoms with van der Waals surface area (Å²) in [6.45, 7) is 4.17. The molecule has 1 atom stereocenters. The second-order valence-electron chi connectivity index (χ2n) is 4.73. The molecule has 0 saturated carbocycles. The van der Waals surface area contributed by atoms with Crippen LogP contribution in [-0.4, -0.2) is 35.1 Å². The maximum absolute atomic E-state index is 11.9. The highest BCUT2D eigenvalue weighted by Crippen LogP contribution is 2.09. The monoisotopic (exact) mass is 264 g/mol. The average Bonchev–Trinajstić information content (AvgIpc) is 2.30. The molecule has 1 aromatic rings. The fourth-order valence-electron chi connectivity index (χ4n) is 1.75. The van der Waals surface area contributed by atoms with Gasteiger partial charge in [-0.1, -0.05) is 24.3 Å². The SMILES string of the molecule is Cc1ccccc1CN(C)C(=O)NC(C)CC(=O)O. The lowest BCUT2D eigenvalue weighted by molar-refractivity contribution is -0.137. The van der Waals surface area contributed by atoms with Gasteiger partial charge in [-0.05, 0) is 25.0 Å². The minimum absolute atomic E-state index is 0.0794. The number of amides is 2. The minimum atomic E-state index is -0.922. The topological polar surface area (TPSA) is 69.6 Å². The first kappa shape index (κ1) is 15.0. The molecule has 5 nitrogen and oxygen atoms in total. The maximum Gasteiger partial charge on any atom is 0.317 e. The summed E-state index contributed by atoms with van der Waals surface area (Å²) in [5.41, 5.74) is 2.20. The third kappa shape index (κ3) is 4.99. The van der Waals surface area contributed by atoms with Gasteiger partial charge in [0, 0.05) is 19.6 Å². The number of aryl methyl sites for hydroxylation is 1. The quantitative estimate of drug-likeness (QED) is 0.854. The van der Waals surface area contributed by atoms with Crippen molar-refractivity contribution in [1.29, 1.82) is 0 Å². The summed E-state index contributed by atoms with van der Waals surface area (Å²) in [6.07, 6.45) is -0.0794. The molecule has 0 radical (unpaired) electrons. The number of hydrogen-bond donors (Lipinski definition) is 2. The van der Waals surface area contributed by atoms with E-state index >= 15 is 0 Å². The van der Waals surface area contributed by atoms with Crippen molar-refractivity contribution < 1.29 is 14.7 Å². The number of benzene rings is 1. The van der Waals surface area contributed by atoms with Crippen LogP contribution in [0.4, 0.5) is 4.79 Å². The van der Waals surface area contributed by atoms with Gasteiger partial charge in [0.25, 0.3) is 0 Å². The van der Waals surface area contributed by atoms with Crippen LogP contribution in [0.1, 0.15) is 24.5 Å². The van der Waals surface area contributed by atoms with Gasteiger partial charge in [-0.15, -0.1) is 0 Å². The molecule has 0 bridgehead atoms. The Morgan fingerprint density at radius 3 is 2.58 bits per heavy atom. The summed E-state index contributed by atoms with van der Waals surface area (Å²) in [6, 6.07) is 7.20. The summed E-state index contributed by atoms with van der Waals surface area (Å²) in [5, 5.41) is 11.3. The highest BCUT2D eigenvalue weighted by atomic mass is 16.4. The summed E-state index contributed by atoms with van der Waals surface area (Å²) in [5.74, 6) is -0.922. The van der Waals surface area contributed by atoms with E-state index in [1.807, 2.05) is 31.2 Å². The molecule has 0 aliphatic carbocycles. The van der Waals surface area contributed by atoms with Crippen LogP contribution >= 0.6 is 0 Å². The zero-order valence-electron chi connectivity index (χ0n) is 11.5. The lowest BCUT2D eigenvalue weighted by Crippen LogP contribution is -2.42. The van der Waals surface area contributed by atoms with Gasteiger partial charge in [-0.2, -0.15) is 0 Å². The van der Waals surface area contributed by atoms with Crippen molar-refractivity contribution in [2.75, 3.05) is 7.05 Å². The van der Waals surface area contributed by atoms with Gasteiger partial charge >= 0.3 is 12.0 Å². The number of nitrogens with one attached hydrogen (secondary N) is 1. The Morgan fingerprint density at radius 2 is 2.00 bits per heavy atom. The lowest BCUT2D eigenvalue weighted by Gasteiger charge is -2.21. The summed E-state index contributed by atoms with van der Waals surface area (Å²) in [7, 11) is 1.69. The second kappa shape index (κ2) is 6.78. The van der Waals surface area contributed by atoms with Crippen molar-refractivity contribution in [2.24, 2.45) is 0 Å². The molecule has 2 N–H and O–H groups in total. The number of carboxylic acid groups (broad SMARTS) is 1. The number of hydrogen-bond acceptors (Lipinski definition) is 2. The number of nitrogens with zero attached hydrogens (tertiary/aromatic N) is 1. The Morgan fingerprint density at radius 1 is 1.37 bits per heavy atom. The zero-order valence-corrected chi connectivity index (χ0v) is 11.5. The molecule has 0 aliphatic rings. The predicted octanol–water partition coefficient (Wildman–Crippen LogP) is 2.00. The minimum Gasteiger partial charge on any atom is -0.481 e. The number of rotatable bonds is 5. The first-order valence-corrected chi connectivity index (χ1v) is 6.18. The van der Waals surface area contributed by atoms with Gasteiger partial charge in [0.05, 0.1) is 6.42 Å².